The maximum absolute atomic E-state index is 13.3. The largest absolute Gasteiger partial charge is 0.394 e. The molecule has 12 N–H and O–H groups in total. The first-order valence-electron chi connectivity index (χ1n) is 29.2. The van der Waals surface area contributed by atoms with E-state index in [9.17, 15) is 61.0 Å². The molecule has 0 saturated carbocycles. The zero-order valence-electron chi connectivity index (χ0n) is 46.0. The molecule has 0 aromatic rings. The molecule has 1 amide bonds. The summed E-state index contributed by atoms with van der Waals surface area (Å²) in [6.45, 7) is 1.63. The number of aliphatic hydroxyl groups excluding tert-OH is 11. The van der Waals surface area contributed by atoms with Crippen molar-refractivity contribution in [2.75, 3.05) is 26.4 Å². The second kappa shape index (κ2) is 41.1. The molecule has 3 aliphatic heterocycles. The third kappa shape index (κ3) is 25.2. The fraction of sp³-hybridized carbons (Fsp3) is 0.877. The number of hydrogen-bond donors (Lipinski definition) is 12. The van der Waals surface area contributed by atoms with Gasteiger partial charge in [0.05, 0.1) is 38.6 Å². The number of aliphatic hydroxyl groups is 11. The fourth-order valence-corrected chi connectivity index (χ4v) is 9.82. The first-order chi connectivity index (χ1) is 36.8. The number of ether oxygens (including phenoxy) is 6. The van der Waals surface area contributed by atoms with E-state index < -0.39 is 124 Å². The Morgan fingerprint density at radius 2 is 0.895 bits per heavy atom. The molecule has 3 saturated heterocycles. The molecule has 444 valence electrons. The Kier molecular flexibility index (Phi) is 36.9. The van der Waals surface area contributed by atoms with E-state index in [0.29, 0.717) is 6.42 Å². The van der Waals surface area contributed by atoms with Crippen molar-refractivity contribution >= 4 is 5.91 Å². The van der Waals surface area contributed by atoms with Gasteiger partial charge in [-0.1, -0.05) is 172 Å². The quantitative estimate of drug-likeness (QED) is 0.0295. The van der Waals surface area contributed by atoms with Gasteiger partial charge in [-0.25, -0.2) is 0 Å². The summed E-state index contributed by atoms with van der Waals surface area (Å²) in [5, 5.41) is 120. The molecular weight excluding hydrogens is 987 g/mol. The molecule has 17 atom stereocenters. The summed E-state index contributed by atoms with van der Waals surface area (Å²) in [6, 6.07) is -0.978. The highest BCUT2D eigenvalue weighted by atomic mass is 16.8. The van der Waals surface area contributed by atoms with Crippen LogP contribution in [-0.2, 0) is 33.2 Å². The van der Waals surface area contributed by atoms with Crippen molar-refractivity contribution in [3.63, 3.8) is 0 Å². The standard InChI is InChI=1S/C57H103NO18/c1-3-5-7-9-11-13-15-17-18-19-20-21-23-24-26-28-30-32-34-41(62)40(58-45(63)35-33-31-29-27-25-22-16-14-12-10-8-6-4-2)39-71-55-51(69)48(66)53(43(37-60)73-55)76-57-52(70)49(67)54(44(38-61)74-57)75-56-50(68)47(65)46(64)42(36-59)72-56/h8,10,14,16,32,34,40-44,46-57,59-62,64-70H,3-7,9,11-13,15,17-31,33,35-39H2,1-2H3,(H,58,63)/b10-8-,16-14-,34-32+. The Morgan fingerprint density at radius 3 is 1.39 bits per heavy atom. The lowest BCUT2D eigenvalue weighted by atomic mass is 9.96. The minimum Gasteiger partial charge on any atom is -0.394 e. The van der Waals surface area contributed by atoms with Crippen LogP contribution < -0.4 is 5.32 Å². The number of amides is 1. The van der Waals surface area contributed by atoms with Crippen LogP contribution in [0.4, 0.5) is 0 Å². The van der Waals surface area contributed by atoms with Gasteiger partial charge in [-0.05, 0) is 44.9 Å². The monoisotopic (exact) mass is 1090 g/mol. The lowest BCUT2D eigenvalue weighted by Gasteiger charge is -2.48. The van der Waals surface area contributed by atoms with Gasteiger partial charge >= 0.3 is 0 Å². The van der Waals surface area contributed by atoms with Crippen molar-refractivity contribution in [2.45, 2.75) is 291 Å². The highest BCUT2D eigenvalue weighted by molar-refractivity contribution is 5.76. The number of carbonyl (C=O) groups excluding carboxylic acids is 1. The molecule has 0 aliphatic carbocycles. The normalized spacial score (nSPS) is 31.2. The van der Waals surface area contributed by atoms with E-state index >= 15 is 0 Å². The first kappa shape index (κ1) is 68.3. The molecule has 17 unspecified atom stereocenters. The molecule has 0 spiro atoms. The van der Waals surface area contributed by atoms with Crippen molar-refractivity contribution in [3.05, 3.63) is 36.5 Å². The molecule has 0 aromatic heterocycles. The zero-order chi connectivity index (χ0) is 55.5. The van der Waals surface area contributed by atoms with Gasteiger partial charge in [-0.15, -0.1) is 0 Å². The first-order valence-corrected chi connectivity index (χ1v) is 29.2. The topological polar surface area (TPSA) is 307 Å². The summed E-state index contributed by atoms with van der Waals surface area (Å²) >= 11 is 0. The van der Waals surface area contributed by atoms with E-state index in [1.54, 1.807) is 6.08 Å². The summed E-state index contributed by atoms with van der Waals surface area (Å²) in [5.74, 6) is -0.292. The van der Waals surface area contributed by atoms with Gasteiger partial charge < -0.3 is 89.9 Å². The van der Waals surface area contributed by atoms with Crippen LogP contribution in [0.2, 0.25) is 0 Å². The number of rotatable bonds is 42. The van der Waals surface area contributed by atoms with E-state index in [0.717, 1.165) is 77.0 Å². The number of allylic oxidation sites excluding steroid dienone is 5. The van der Waals surface area contributed by atoms with Gasteiger partial charge in [0.2, 0.25) is 5.91 Å². The van der Waals surface area contributed by atoms with Crippen molar-refractivity contribution in [1.82, 2.24) is 5.32 Å². The van der Waals surface area contributed by atoms with E-state index in [2.05, 4.69) is 43.5 Å². The van der Waals surface area contributed by atoms with E-state index in [-0.39, 0.29) is 18.9 Å². The van der Waals surface area contributed by atoms with Crippen LogP contribution in [0.25, 0.3) is 0 Å². The lowest BCUT2D eigenvalue weighted by molar-refractivity contribution is -0.379. The maximum Gasteiger partial charge on any atom is 0.220 e. The Balaban J connectivity index is 1.52. The van der Waals surface area contributed by atoms with E-state index in [1.807, 2.05) is 6.08 Å². The molecule has 0 bridgehead atoms. The highest BCUT2D eigenvalue weighted by Crippen LogP contribution is 2.33. The zero-order valence-corrected chi connectivity index (χ0v) is 46.0. The maximum atomic E-state index is 13.3. The Morgan fingerprint density at radius 1 is 0.474 bits per heavy atom. The third-order valence-corrected chi connectivity index (χ3v) is 14.7. The predicted octanol–water partition coefficient (Wildman–Crippen LogP) is 4.54. The van der Waals surface area contributed by atoms with Gasteiger partial charge in [0.15, 0.2) is 18.9 Å². The van der Waals surface area contributed by atoms with Gasteiger partial charge in [-0.3, -0.25) is 4.79 Å². The van der Waals surface area contributed by atoms with Crippen LogP contribution in [-0.4, -0.2) is 193 Å². The molecule has 3 rings (SSSR count). The molecular formula is C57H103NO18. The van der Waals surface area contributed by atoms with Crippen LogP contribution in [0.5, 0.6) is 0 Å². The lowest BCUT2D eigenvalue weighted by Crippen LogP contribution is -2.66. The van der Waals surface area contributed by atoms with E-state index in [1.165, 1.54) is 83.5 Å². The summed E-state index contributed by atoms with van der Waals surface area (Å²) in [7, 11) is 0. The van der Waals surface area contributed by atoms with Gasteiger partial charge in [-0.2, -0.15) is 0 Å². The molecule has 0 aromatic carbocycles. The molecule has 0 radical (unpaired) electrons. The third-order valence-electron chi connectivity index (χ3n) is 14.7. The van der Waals surface area contributed by atoms with E-state index in [4.69, 9.17) is 28.4 Å². The summed E-state index contributed by atoms with van der Waals surface area (Å²) in [5.41, 5.74) is 0. The smallest absolute Gasteiger partial charge is 0.220 e. The summed E-state index contributed by atoms with van der Waals surface area (Å²) < 4.78 is 34.2. The van der Waals surface area contributed by atoms with Gasteiger partial charge in [0.25, 0.3) is 0 Å². The number of nitrogens with one attached hydrogen (secondary N) is 1. The number of hydrogen-bond acceptors (Lipinski definition) is 18. The molecule has 19 nitrogen and oxygen atoms in total. The molecule has 3 aliphatic rings. The SMILES string of the molecule is CCC/C=C\C/C=C\CCCCCCCC(=O)NC(COC1OC(CO)C(OC2OC(CO)C(OC3OC(CO)C(O)C(O)C3O)C(O)C2O)C(O)C1O)C(O)/C=C/CCCCCCCCCCCCCCCCCC. The summed E-state index contributed by atoms with van der Waals surface area (Å²) in [6.07, 6.45) is 15.6. The average Bonchev–Trinajstić information content (AvgIpc) is 3.41. The average molecular weight is 1090 g/mol. The molecule has 3 heterocycles. The van der Waals surface area contributed by atoms with Gasteiger partial charge in [0.1, 0.15) is 73.2 Å². The van der Waals surface area contributed by atoms with Crippen LogP contribution in [0.1, 0.15) is 187 Å². The van der Waals surface area contributed by atoms with Crippen molar-refractivity contribution in [2.24, 2.45) is 0 Å². The van der Waals surface area contributed by atoms with Crippen molar-refractivity contribution < 1.29 is 89.4 Å². The minimum atomic E-state index is -1.98. The molecule has 19 heteroatoms. The second-order valence-corrected chi connectivity index (χ2v) is 21.1. The fourth-order valence-electron chi connectivity index (χ4n) is 9.82. The van der Waals surface area contributed by atoms with Gasteiger partial charge in [0, 0.05) is 6.42 Å². The van der Waals surface area contributed by atoms with Crippen LogP contribution in [0.15, 0.2) is 36.5 Å². The van der Waals surface area contributed by atoms with Crippen LogP contribution >= 0.6 is 0 Å². The minimum absolute atomic E-state index is 0.227. The highest BCUT2D eigenvalue weighted by Gasteiger charge is 2.53. The van der Waals surface area contributed by atoms with Crippen molar-refractivity contribution in [1.29, 1.82) is 0 Å². The van der Waals surface area contributed by atoms with Crippen LogP contribution in [0, 0.1) is 0 Å². The Bertz CT molecular complexity index is 1540. The summed E-state index contributed by atoms with van der Waals surface area (Å²) in [4.78, 5) is 13.3. The van der Waals surface area contributed by atoms with Crippen molar-refractivity contribution in [3.8, 4) is 0 Å². The Hall–Kier alpha value is -1.99. The second-order valence-electron chi connectivity index (χ2n) is 21.1. The number of carbonyl (C=O) groups is 1. The molecule has 76 heavy (non-hydrogen) atoms. The number of unbranched alkanes of at least 4 members (excludes halogenated alkanes) is 22. The Labute approximate surface area is 453 Å². The predicted molar refractivity (Wildman–Crippen MR) is 286 cm³/mol. The van der Waals surface area contributed by atoms with Crippen LogP contribution in [0.3, 0.4) is 0 Å². The molecule has 3 fully saturated rings.